The lowest BCUT2D eigenvalue weighted by molar-refractivity contribution is 0.657. The maximum absolute atomic E-state index is 2.63. The van der Waals surface area contributed by atoms with Gasteiger partial charge in [-0.1, -0.05) is 238 Å². The second-order valence-electron chi connectivity index (χ2n) is 19.9. The molecule has 0 N–H and O–H groups in total. The van der Waals surface area contributed by atoms with Crippen molar-refractivity contribution in [1.82, 2.24) is 0 Å². The van der Waals surface area contributed by atoms with Gasteiger partial charge in [0.25, 0.3) is 0 Å². The standard InChI is InChI=1S/C70H49N/c1-69(2)63-44-55(71(53-38-34-50(35-39-53)47-20-8-4-9-21-47)54-40-36-51(37-41-54)49-32-30-48(31-33-49)46-18-6-3-7-19-46)42-43-59(63)67-64(69)45-65-68(66(67)52-22-10-5-11-23-52)58-26-14-17-29-62(58)70(65)60-27-15-12-24-56(60)57-25-13-16-28-61(57)70/h3-45H,1-2H3. The van der Waals surface area contributed by atoms with E-state index in [1.54, 1.807) is 0 Å². The Morgan fingerprint density at radius 1 is 0.239 bits per heavy atom. The molecule has 334 valence electrons. The van der Waals surface area contributed by atoms with Gasteiger partial charge in [-0.2, -0.15) is 0 Å². The summed E-state index contributed by atoms with van der Waals surface area (Å²) in [5, 5.41) is 0. The molecule has 14 rings (SSSR count). The molecule has 11 aromatic carbocycles. The lowest BCUT2D eigenvalue weighted by Gasteiger charge is -2.32. The summed E-state index contributed by atoms with van der Waals surface area (Å²) in [5.74, 6) is 0. The van der Waals surface area contributed by atoms with Crippen molar-refractivity contribution in [1.29, 1.82) is 0 Å². The van der Waals surface area contributed by atoms with E-state index in [2.05, 4.69) is 280 Å². The van der Waals surface area contributed by atoms with Gasteiger partial charge in [-0.25, -0.2) is 0 Å². The van der Waals surface area contributed by atoms with Crippen molar-refractivity contribution in [3.05, 3.63) is 294 Å². The van der Waals surface area contributed by atoms with Crippen molar-refractivity contribution in [3.8, 4) is 77.9 Å². The van der Waals surface area contributed by atoms with Crippen LogP contribution in [0.1, 0.15) is 47.2 Å². The quantitative estimate of drug-likeness (QED) is 0.154. The summed E-state index contributed by atoms with van der Waals surface area (Å²) in [7, 11) is 0. The first-order valence-electron chi connectivity index (χ1n) is 24.9. The molecule has 0 radical (unpaired) electrons. The van der Waals surface area contributed by atoms with Gasteiger partial charge in [0.05, 0.1) is 5.41 Å². The van der Waals surface area contributed by atoms with Gasteiger partial charge in [0.2, 0.25) is 0 Å². The zero-order chi connectivity index (χ0) is 47.3. The van der Waals surface area contributed by atoms with Gasteiger partial charge >= 0.3 is 0 Å². The third kappa shape index (κ3) is 6.13. The second-order valence-corrected chi connectivity index (χ2v) is 19.9. The molecule has 0 unspecified atom stereocenters. The van der Waals surface area contributed by atoms with E-state index in [4.69, 9.17) is 0 Å². The van der Waals surface area contributed by atoms with Crippen LogP contribution >= 0.6 is 0 Å². The molecule has 0 aromatic heterocycles. The number of anilines is 3. The molecule has 0 atom stereocenters. The smallest absolute Gasteiger partial charge is 0.0725 e. The Labute approximate surface area is 416 Å². The summed E-state index contributed by atoms with van der Waals surface area (Å²) < 4.78 is 0. The van der Waals surface area contributed by atoms with Gasteiger partial charge in [-0.15, -0.1) is 0 Å². The molecule has 1 spiro atoms. The summed E-state index contributed by atoms with van der Waals surface area (Å²) in [5.41, 5.74) is 28.5. The van der Waals surface area contributed by atoms with Crippen LogP contribution in [-0.2, 0) is 10.8 Å². The zero-order valence-corrected chi connectivity index (χ0v) is 39.8. The van der Waals surface area contributed by atoms with Gasteiger partial charge < -0.3 is 4.90 Å². The van der Waals surface area contributed by atoms with Crippen molar-refractivity contribution in [3.63, 3.8) is 0 Å². The van der Waals surface area contributed by atoms with E-state index in [0.29, 0.717) is 0 Å². The number of nitrogens with zero attached hydrogens (tertiary/aromatic N) is 1. The van der Waals surface area contributed by atoms with Gasteiger partial charge in [-0.3, -0.25) is 0 Å². The summed E-state index contributed by atoms with van der Waals surface area (Å²) in [6.45, 7) is 4.90. The van der Waals surface area contributed by atoms with Crippen LogP contribution in [0.3, 0.4) is 0 Å². The highest BCUT2D eigenvalue weighted by Crippen LogP contribution is 2.67. The summed E-state index contributed by atoms with van der Waals surface area (Å²) >= 11 is 0. The molecule has 0 heterocycles. The topological polar surface area (TPSA) is 3.24 Å². The van der Waals surface area contributed by atoms with E-state index in [1.165, 1.54) is 111 Å². The van der Waals surface area contributed by atoms with E-state index in [-0.39, 0.29) is 5.41 Å². The van der Waals surface area contributed by atoms with Crippen molar-refractivity contribution in [2.75, 3.05) is 4.90 Å². The fraction of sp³-hybridized carbons (Fsp3) is 0.0571. The SMILES string of the molecule is CC1(C)c2cc(N(c3ccc(-c4ccccc4)cc3)c3ccc(-c4ccc(-c5ccccc5)cc4)cc3)ccc2-c2c1cc1c(c2-c2ccccc2)-c2ccccc2C12c1ccccc1-c1ccccc12. The highest BCUT2D eigenvalue weighted by atomic mass is 15.1. The minimum atomic E-state index is -0.452. The van der Waals surface area contributed by atoms with E-state index in [9.17, 15) is 0 Å². The van der Waals surface area contributed by atoms with E-state index >= 15 is 0 Å². The normalized spacial score (nSPS) is 13.7. The van der Waals surface area contributed by atoms with Crippen LogP contribution in [0, 0.1) is 0 Å². The molecule has 0 saturated heterocycles. The molecule has 0 bridgehead atoms. The fourth-order valence-corrected chi connectivity index (χ4v) is 12.6. The Morgan fingerprint density at radius 3 is 1.08 bits per heavy atom. The molecular weight excluding hydrogens is 855 g/mol. The Hall–Kier alpha value is -8.78. The summed E-state index contributed by atoms with van der Waals surface area (Å²) in [6, 6.07) is 97.0. The van der Waals surface area contributed by atoms with Crippen LogP contribution in [0.2, 0.25) is 0 Å². The first kappa shape index (κ1) is 41.2. The average molecular weight is 904 g/mol. The Bertz CT molecular complexity index is 3800. The zero-order valence-electron chi connectivity index (χ0n) is 39.8. The van der Waals surface area contributed by atoms with Crippen molar-refractivity contribution >= 4 is 17.1 Å². The van der Waals surface area contributed by atoms with Crippen molar-refractivity contribution in [2.24, 2.45) is 0 Å². The third-order valence-electron chi connectivity index (χ3n) is 15.9. The van der Waals surface area contributed by atoms with Gasteiger partial charge in [0, 0.05) is 22.5 Å². The first-order valence-corrected chi connectivity index (χ1v) is 24.9. The first-order chi connectivity index (χ1) is 35.0. The largest absolute Gasteiger partial charge is 0.310 e. The number of benzene rings is 11. The fourth-order valence-electron chi connectivity index (χ4n) is 12.6. The molecule has 0 fully saturated rings. The average Bonchev–Trinajstić information content (AvgIpc) is 4.00. The third-order valence-corrected chi connectivity index (χ3v) is 15.9. The number of fused-ring (bicyclic) bond motifs is 13. The highest BCUT2D eigenvalue weighted by Gasteiger charge is 2.54. The molecule has 1 nitrogen and oxygen atoms in total. The summed E-state index contributed by atoms with van der Waals surface area (Å²) in [4.78, 5) is 2.44. The summed E-state index contributed by atoms with van der Waals surface area (Å²) in [6.07, 6.45) is 0. The van der Waals surface area contributed by atoms with Gasteiger partial charge in [-0.05, 0) is 148 Å². The second kappa shape index (κ2) is 15.9. The Kier molecular flexibility index (Phi) is 9.22. The highest BCUT2D eigenvalue weighted by molar-refractivity contribution is 6.07. The van der Waals surface area contributed by atoms with Crippen LogP contribution < -0.4 is 4.90 Å². The maximum atomic E-state index is 2.63. The monoisotopic (exact) mass is 903 g/mol. The van der Waals surface area contributed by atoms with E-state index in [0.717, 1.165) is 17.1 Å². The Balaban J connectivity index is 0.948. The molecule has 1 heteroatoms. The molecular formula is C70H49N. The van der Waals surface area contributed by atoms with Crippen LogP contribution in [-0.4, -0.2) is 0 Å². The minimum Gasteiger partial charge on any atom is -0.310 e. The lowest BCUT2D eigenvalue weighted by Crippen LogP contribution is -2.26. The molecule has 0 saturated carbocycles. The van der Waals surface area contributed by atoms with Gasteiger partial charge in [0.1, 0.15) is 0 Å². The minimum absolute atomic E-state index is 0.328. The van der Waals surface area contributed by atoms with Crippen LogP contribution in [0.4, 0.5) is 17.1 Å². The molecule has 3 aliphatic carbocycles. The number of hydrogen-bond donors (Lipinski definition) is 0. The van der Waals surface area contributed by atoms with E-state index < -0.39 is 5.41 Å². The van der Waals surface area contributed by atoms with Crippen LogP contribution in [0.5, 0.6) is 0 Å². The van der Waals surface area contributed by atoms with Crippen molar-refractivity contribution in [2.45, 2.75) is 24.7 Å². The lowest BCUT2D eigenvalue weighted by atomic mass is 9.69. The molecule has 0 aliphatic heterocycles. The molecule has 11 aromatic rings. The predicted molar refractivity (Wildman–Crippen MR) is 297 cm³/mol. The molecule has 71 heavy (non-hydrogen) atoms. The number of rotatable bonds is 7. The number of hydrogen-bond acceptors (Lipinski definition) is 1. The molecule has 0 amide bonds. The van der Waals surface area contributed by atoms with Gasteiger partial charge in [0.15, 0.2) is 0 Å². The van der Waals surface area contributed by atoms with Crippen LogP contribution in [0.25, 0.3) is 77.9 Å². The Morgan fingerprint density at radius 2 is 0.592 bits per heavy atom. The predicted octanol–water partition coefficient (Wildman–Crippen LogP) is 18.5. The van der Waals surface area contributed by atoms with E-state index in [1.807, 2.05) is 0 Å². The maximum Gasteiger partial charge on any atom is 0.0725 e. The molecule has 3 aliphatic rings. The van der Waals surface area contributed by atoms with Crippen molar-refractivity contribution < 1.29 is 0 Å². The van der Waals surface area contributed by atoms with Crippen LogP contribution in [0.15, 0.2) is 261 Å².